The maximum absolute atomic E-state index is 12.7. The first-order chi connectivity index (χ1) is 12.1. The average Bonchev–Trinajstić information content (AvgIpc) is 2.84. The number of rotatable bonds is 2. The Bertz CT molecular complexity index is 851. The van der Waals surface area contributed by atoms with Gasteiger partial charge in [-0.05, 0) is 26.8 Å². The molecule has 0 aliphatic carbocycles. The predicted molar refractivity (Wildman–Crippen MR) is 101 cm³/mol. The van der Waals surface area contributed by atoms with Gasteiger partial charge in [0.1, 0.15) is 11.3 Å². The molecule has 0 N–H and O–H groups in total. The van der Waals surface area contributed by atoms with Gasteiger partial charge in [0, 0.05) is 29.3 Å². The van der Waals surface area contributed by atoms with Crippen LogP contribution < -0.4 is 4.90 Å². The third kappa shape index (κ3) is 3.47. The van der Waals surface area contributed by atoms with Gasteiger partial charge in [0.05, 0.1) is 5.69 Å². The van der Waals surface area contributed by atoms with E-state index in [1.807, 2.05) is 39.0 Å². The molecule has 1 aromatic heterocycles. The molecule has 1 aromatic carbocycles. The van der Waals surface area contributed by atoms with Crippen LogP contribution in [-0.2, 0) is 10.2 Å². The first-order valence-electron chi connectivity index (χ1n) is 8.69. The number of ether oxygens (including phenoxy) is 1. The quantitative estimate of drug-likeness (QED) is 0.754. The Hall–Kier alpha value is -2.69. The number of fused-ring (bicyclic) bond motifs is 1. The molecular formula is C21H24N2O3. The van der Waals surface area contributed by atoms with Crippen LogP contribution in [0, 0.1) is 0 Å². The second-order valence-electron chi connectivity index (χ2n) is 8.23. The topological polar surface area (TPSA) is 59.5 Å². The van der Waals surface area contributed by atoms with E-state index >= 15 is 0 Å². The molecule has 2 heterocycles. The summed E-state index contributed by atoms with van der Waals surface area (Å²) < 4.78 is 5.54. The SMILES string of the molecule is CC(C)(C)OC(=O)N1CC(C)(C)c2cnc(C(=O)c3ccccc3)cc21. The summed E-state index contributed by atoms with van der Waals surface area (Å²) in [5, 5.41) is 0. The van der Waals surface area contributed by atoms with Crippen LogP contribution in [0.3, 0.4) is 0 Å². The van der Waals surface area contributed by atoms with Gasteiger partial charge in [-0.15, -0.1) is 0 Å². The lowest BCUT2D eigenvalue weighted by atomic mass is 9.88. The summed E-state index contributed by atoms with van der Waals surface area (Å²) in [4.78, 5) is 31.3. The van der Waals surface area contributed by atoms with Crippen LogP contribution in [-0.4, -0.2) is 29.0 Å². The molecule has 0 atom stereocenters. The van der Waals surface area contributed by atoms with Crippen molar-refractivity contribution < 1.29 is 14.3 Å². The molecule has 1 aliphatic rings. The molecule has 0 bridgehead atoms. The Morgan fingerprint density at radius 3 is 2.42 bits per heavy atom. The van der Waals surface area contributed by atoms with E-state index in [1.165, 1.54) is 0 Å². The molecule has 5 heteroatoms. The number of anilines is 1. The maximum atomic E-state index is 12.7. The third-order valence-corrected chi connectivity index (χ3v) is 4.34. The molecule has 0 spiro atoms. The molecule has 2 aromatic rings. The Kier molecular flexibility index (Phi) is 4.34. The van der Waals surface area contributed by atoms with Crippen molar-refractivity contribution >= 4 is 17.6 Å². The van der Waals surface area contributed by atoms with Gasteiger partial charge in [-0.2, -0.15) is 0 Å². The van der Waals surface area contributed by atoms with Crippen LogP contribution >= 0.6 is 0 Å². The highest BCUT2D eigenvalue weighted by Gasteiger charge is 2.40. The summed E-state index contributed by atoms with van der Waals surface area (Å²) in [6.45, 7) is 10.1. The molecule has 136 valence electrons. The van der Waals surface area contributed by atoms with Crippen molar-refractivity contribution in [1.82, 2.24) is 4.98 Å². The van der Waals surface area contributed by atoms with Crippen LogP contribution in [0.25, 0.3) is 0 Å². The minimum Gasteiger partial charge on any atom is -0.443 e. The second kappa shape index (κ2) is 6.24. The highest BCUT2D eigenvalue weighted by molar-refractivity contribution is 6.08. The molecule has 0 saturated heterocycles. The van der Waals surface area contributed by atoms with Crippen LogP contribution in [0.4, 0.5) is 10.5 Å². The molecule has 0 fully saturated rings. The molecule has 0 radical (unpaired) electrons. The van der Waals surface area contributed by atoms with Crippen molar-refractivity contribution in [3.05, 3.63) is 59.4 Å². The van der Waals surface area contributed by atoms with Gasteiger partial charge in [-0.3, -0.25) is 14.7 Å². The Balaban J connectivity index is 1.99. The monoisotopic (exact) mass is 352 g/mol. The highest BCUT2D eigenvalue weighted by atomic mass is 16.6. The summed E-state index contributed by atoms with van der Waals surface area (Å²) in [6.07, 6.45) is 1.30. The molecular weight excluding hydrogens is 328 g/mol. The number of nitrogens with zero attached hydrogens (tertiary/aromatic N) is 2. The zero-order valence-electron chi connectivity index (χ0n) is 15.9. The van der Waals surface area contributed by atoms with E-state index in [4.69, 9.17) is 4.74 Å². The molecule has 0 unspecified atom stereocenters. The number of hydrogen-bond acceptors (Lipinski definition) is 4. The standard InChI is InChI=1S/C21H24N2O3/c1-20(2,3)26-19(25)23-13-21(4,5)15-12-22-16(11-17(15)23)18(24)14-9-7-6-8-10-14/h6-12H,13H2,1-5H3. The second-order valence-corrected chi connectivity index (χ2v) is 8.23. The lowest BCUT2D eigenvalue weighted by Gasteiger charge is -2.26. The minimum absolute atomic E-state index is 0.165. The van der Waals surface area contributed by atoms with Crippen LogP contribution in [0.1, 0.15) is 56.2 Å². The lowest BCUT2D eigenvalue weighted by molar-refractivity contribution is 0.0579. The van der Waals surface area contributed by atoms with Crippen molar-refractivity contribution in [2.75, 3.05) is 11.4 Å². The van der Waals surface area contributed by atoms with E-state index in [0.717, 1.165) is 5.56 Å². The number of benzene rings is 1. The fourth-order valence-corrected chi connectivity index (χ4v) is 3.10. The van der Waals surface area contributed by atoms with Crippen molar-refractivity contribution in [2.45, 2.75) is 45.6 Å². The Labute approximate surface area is 154 Å². The molecule has 3 rings (SSSR count). The Morgan fingerprint density at radius 1 is 1.15 bits per heavy atom. The lowest BCUT2D eigenvalue weighted by Crippen LogP contribution is -2.38. The zero-order chi connectivity index (χ0) is 19.1. The van der Waals surface area contributed by atoms with Crippen LogP contribution in [0.2, 0.25) is 0 Å². The number of carbonyl (C=O) groups is 2. The van der Waals surface area contributed by atoms with Gasteiger partial charge < -0.3 is 4.74 Å². The van der Waals surface area contributed by atoms with Gasteiger partial charge in [0.25, 0.3) is 0 Å². The van der Waals surface area contributed by atoms with Crippen LogP contribution in [0.15, 0.2) is 42.6 Å². The maximum Gasteiger partial charge on any atom is 0.414 e. The summed E-state index contributed by atoms with van der Waals surface area (Å²) in [6, 6.07) is 10.7. The van der Waals surface area contributed by atoms with E-state index in [0.29, 0.717) is 23.5 Å². The molecule has 5 nitrogen and oxygen atoms in total. The number of ketones is 1. The van der Waals surface area contributed by atoms with E-state index in [-0.39, 0.29) is 11.2 Å². The zero-order valence-corrected chi connectivity index (χ0v) is 15.9. The number of amides is 1. The normalized spacial score (nSPS) is 15.5. The number of pyridine rings is 1. The largest absolute Gasteiger partial charge is 0.443 e. The molecule has 1 aliphatic heterocycles. The first-order valence-corrected chi connectivity index (χ1v) is 8.69. The number of hydrogen-bond donors (Lipinski definition) is 0. The highest BCUT2D eigenvalue weighted by Crippen LogP contribution is 2.41. The summed E-state index contributed by atoms with van der Waals surface area (Å²) in [5.74, 6) is -0.165. The van der Waals surface area contributed by atoms with Crippen molar-refractivity contribution in [1.29, 1.82) is 0 Å². The van der Waals surface area contributed by atoms with E-state index in [1.54, 1.807) is 29.3 Å². The van der Waals surface area contributed by atoms with Gasteiger partial charge in [0.15, 0.2) is 0 Å². The Morgan fingerprint density at radius 2 is 1.81 bits per heavy atom. The smallest absolute Gasteiger partial charge is 0.414 e. The van der Waals surface area contributed by atoms with Crippen molar-refractivity contribution in [2.24, 2.45) is 0 Å². The van der Waals surface area contributed by atoms with Crippen molar-refractivity contribution in [3.8, 4) is 0 Å². The minimum atomic E-state index is -0.584. The van der Waals surface area contributed by atoms with Gasteiger partial charge in [-0.25, -0.2) is 4.79 Å². The summed E-state index contributed by atoms with van der Waals surface area (Å²) in [5.41, 5.74) is 1.68. The molecule has 1 amide bonds. The average molecular weight is 352 g/mol. The third-order valence-electron chi connectivity index (χ3n) is 4.34. The van der Waals surface area contributed by atoms with E-state index in [2.05, 4.69) is 18.8 Å². The number of aromatic nitrogens is 1. The predicted octanol–water partition coefficient (Wildman–Crippen LogP) is 4.35. The van der Waals surface area contributed by atoms with Crippen LogP contribution in [0.5, 0.6) is 0 Å². The number of carbonyl (C=O) groups excluding carboxylic acids is 2. The van der Waals surface area contributed by atoms with Gasteiger partial charge in [-0.1, -0.05) is 44.2 Å². The molecule has 0 saturated carbocycles. The fourth-order valence-electron chi connectivity index (χ4n) is 3.10. The first kappa shape index (κ1) is 18.1. The molecule has 26 heavy (non-hydrogen) atoms. The summed E-state index contributed by atoms with van der Waals surface area (Å²) in [7, 11) is 0. The van der Waals surface area contributed by atoms with Crippen molar-refractivity contribution in [3.63, 3.8) is 0 Å². The van der Waals surface area contributed by atoms with E-state index in [9.17, 15) is 9.59 Å². The van der Waals surface area contributed by atoms with Gasteiger partial charge >= 0.3 is 6.09 Å². The fraction of sp³-hybridized carbons (Fsp3) is 0.381. The van der Waals surface area contributed by atoms with Gasteiger partial charge in [0.2, 0.25) is 5.78 Å². The van der Waals surface area contributed by atoms with E-state index < -0.39 is 11.7 Å². The summed E-state index contributed by atoms with van der Waals surface area (Å²) >= 11 is 0.